The van der Waals surface area contributed by atoms with Gasteiger partial charge in [-0.15, -0.1) is 0 Å². The maximum atomic E-state index is 6.31. The Balaban J connectivity index is 1.14. The van der Waals surface area contributed by atoms with Gasteiger partial charge in [-0.2, -0.15) is 0 Å². The first-order valence-corrected chi connectivity index (χ1v) is 17.1. The molecule has 2 unspecified atom stereocenters. The third kappa shape index (κ3) is 4.54. The molecule has 0 radical (unpaired) electrons. The van der Waals surface area contributed by atoms with Crippen LogP contribution >= 0.6 is 0 Å². The molecule has 0 N–H and O–H groups in total. The fourth-order valence-electron chi connectivity index (χ4n) is 8.11. The summed E-state index contributed by atoms with van der Waals surface area (Å²) < 4.78 is 6.31. The van der Waals surface area contributed by atoms with Crippen molar-refractivity contribution in [2.75, 3.05) is 0 Å². The van der Waals surface area contributed by atoms with Crippen molar-refractivity contribution in [2.45, 2.75) is 12.0 Å². The molecule has 1 heteroatoms. The molecule has 1 aliphatic carbocycles. The summed E-state index contributed by atoms with van der Waals surface area (Å²) in [5.41, 5.74) is 11.2. The van der Waals surface area contributed by atoms with Gasteiger partial charge in [-0.25, -0.2) is 0 Å². The van der Waals surface area contributed by atoms with Crippen molar-refractivity contribution in [1.29, 1.82) is 0 Å². The van der Waals surface area contributed by atoms with E-state index in [-0.39, 0.29) is 12.0 Å². The van der Waals surface area contributed by atoms with Gasteiger partial charge in [0.2, 0.25) is 0 Å². The van der Waals surface area contributed by atoms with Crippen LogP contribution in [0.4, 0.5) is 0 Å². The van der Waals surface area contributed by atoms with E-state index >= 15 is 0 Å². The summed E-state index contributed by atoms with van der Waals surface area (Å²) in [5.74, 6) is 1.24. The molecule has 10 rings (SSSR count). The van der Waals surface area contributed by atoms with Crippen LogP contribution in [0.2, 0.25) is 0 Å². The van der Waals surface area contributed by atoms with Gasteiger partial charge in [0.1, 0.15) is 11.9 Å². The van der Waals surface area contributed by atoms with E-state index in [9.17, 15) is 0 Å². The van der Waals surface area contributed by atoms with Crippen LogP contribution in [0.25, 0.3) is 76.8 Å². The topological polar surface area (TPSA) is 9.23 Å². The molecule has 0 fully saturated rings. The number of hydrogen-bond donors (Lipinski definition) is 0. The smallest absolute Gasteiger partial charge is 0.128 e. The fraction of sp³-hybridized carbons (Fsp3) is 0.0417. The first kappa shape index (κ1) is 27.9. The van der Waals surface area contributed by atoms with Gasteiger partial charge < -0.3 is 4.74 Å². The van der Waals surface area contributed by atoms with E-state index in [1.54, 1.807) is 0 Å². The Labute approximate surface area is 286 Å². The predicted octanol–water partition coefficient (Wildman–Crippen LogP) is 12.8. The molecule has 1 nitrogen and oxygen atoms in total. The second kappa shape index (κ2) is 11.2. The van der Waals surface area contributed by atoms with E-state index in [0.717, 1.165) is 5.75 Å². The largest absolute Gasteiger partial charge is 0.485 e. The minimum absolute atomic E-state index is 0.0767. The number of ether oxygens (including phenoxy) is 1. The molecule has 2 aliphatic rings. The normalized spacial score (nSPS) is 16.2. The lowest BCUT2D eigenvalue weighted by molar-refractivity contribution is 0.269. The highest BCUT2D eigenvalue weighted by Crippen LogP contribution is 2.47. The molecule has 0 amide bonds. The Kier molecular flexibility index (Phi) is 6.38. The Morgan fingerprint density at radius 2 is 0.959 bits per heavy atom. The highest BCUT2D eigenvalue weighted by molar-refractivity contribution is 6.21. The molecule has 0 spiro atoms. The van der Waals surface area contributed by atoms with Crippen molar-refractivity contribution in [2.24, 2.45) is 0 Å². The quantitative estimate of drug-likeness (QED) is 0.177. The van der Waals surface area contributed by atoms with Crippen LogP contribution in [0.15, 0.2) is 182 Å². The number of hydrogen-bond acceptors (Lipinski definition) is 1. The predicted molar refractivity (Wildman–Crippen MR) is 206 cm³/mol. The third-order valence-corrected chi connectivity index (χ3v) is 10.4. The lowest BCUT2D eigenvalue weighted by Gasteiger charge is -2.19. The molecular weight excluding hydrogens is 593 g/mol. The van der Waals surface area contributed by atoms with Gasteiger partial charge in [0, 0.05) is 11.5 Å². The minimum Gasteiger partial charge on any atom is -0.485 e. The second-order valence-corrected chi connectivity index (χ2v) is 13.2. The standard InChI is InChI=1S/C48H32O/c1-2-12-31(13-3-1)36-28-34-14-4-5-15-37(34)43(30-36)32-22-24-33(25-23-32)47-39-17-6-8-19-41(39)48(42-20-9-7-18-40(42)47)35-26-27-46-44(29-35)38-16-10-11-21-45(38)49-46/h1-30,38,45H. The van der Waals surface area contributed by atoms with E-state index in [1.165, 1.54) is 82.4 Å². The van der Waals surface area contributed by atoms with Crippen molar-refractivity contribution < 1.29 is 4.74 Å². The molecule has 1 aliphatic heterocycles. The molecule has 8 aromatic rings. The van der Waals surface area contributed by atoms with Crippen LogP contribution in [0.3, 0.4) is 0 Å². The fourth-order valence-corrected chi connectivity index (χ4v) is 8.11. The maximum absolute atomic E-state index is 6.31. The van der Waals surface area contributed by atoms with Crippen LogP contribution in [0.1, 0.15) is 11.5 Å². The Bertz CT molecular complexity index is 2570. The molecule has 0 bridgehead atoms. The average Bonchev–Trinajstić information content (AvgIpc) is 3.55. The van der Waals surface area contributed by atoms with Crippen LogP contribution in [-0.2, 0) is 0 Å². The summed E-state index contributed by atoms with van der Waals surface area (Å²) in [7, 11) is 0. The van der Waals surface area contributed by atoms with Crippen molar-refractivity contribution in [3.05, 3.63) is 188 Å². The molecule has 2 atom stereocenters. The summed E-state index contributed by atoms with van der Waals surface area (Å²) >= 11 is 0. The van der Waals surface area contributed by atoms with Gasteiger partial charge in [0.25, 0.3) is 0 Å². The van der Waals surface area contributed by atoms with Crippen LogP contribution in [0.5, 0.6) is 5.75 Å². The molecule has 49 heavy (non-hydrogen) atoms. The first-order valence-electron chi connectivity index (χ1n) is 17.1. The highest BCUT2D eigenvalue weighted by atomic mass is 16.5. The summed E-state index contributed by atoms with van der Waals surface area (Å²) in [6.45, 7) is 0. The number of allylic oxidation sites excluding steroid dienone is 2. The van der Waals surface area contributed by atoms with Gasteiger partial charge in [-0.05, 0) is 107 Å². The molecular formula is C48H32O. The summed E-state index contributed by atoms with van der Waals surface area (Å²) in [4.78, 5) is 0. The van der Waals surface area contributed by atoms with Gasteiger partial charge >= 0.3 is 0 Å². The highest BCUT2D eigenvalue weighted by Gasteiger charge is 2.32. The lowest BCUT2D eigenvalue weighted by atomic mass is 9.84. The van der Waals surface area contributed by atoms with E-state index in [2.05, 4.69) is 182 Å². The zero-order valence-corrected chi connectivity index (χ0v) is 26.9. The first-order chi connectivity index (χ1) is 24.3. The van der Waals surface area contributed by atoms with Gasteiger partial charge in [-0.1, -0.05) is 152 Å². The molecule has 0 saturated carbocycles. The summed E-state index contributed by atoms with van der Waals surface area (Å²) in [6.07, 6.45) is 8.74. The van der Waals surface area contributed by atoms with Crippen molar-refractivity contribution >= 4 is 32.3 Å². The molecule has 230 valence electrons. The van der Waals surface area contributed by atoms with Gasteiger partial charge in [-0.3, -0.25) is 0 Å². The lowest BCUT2D eigenvalue weighted by Crippen LogP contribution is -2.15. The minimum atomic E-state index is 0.0767. The van der Waals surface area contributed by atoms with E-state index in [0.29, 0.717) is 0 Å². The molecule has 0 saturated heterocycles. The number of benzene rings is 8. The molecule has 0 aromatic heterocycles. The van der Waals surface area contributed by atoms with Crippen molar-refractivity contribution in [3.63, 3.8) is 0 Å². The van der Waals surface area contributed by atoms with Crippen LogP contribution in [0, 0.1) is 0 Å². The van der Waals surface area contributed by atoms with Crippen LogP contribution < -0.4 is 4.74 Å². The Hall–Kier alpha value is -6.18. The number of rotatable bonds is 4. The summed E-state index contributed by atoms with van der Waals surface area (Å²) in [6, 6.07) is 57.8. The average molecular weight is 625 g/mol. The van der Waals surface area contributed by atoms with E-state index in [1.807, 2.05) is 0 Å². The zero-order chi connectivity index (χ0) is 32.3. The van der Waals surface area contributed by atoms with E-state index in [4.69, 9.17) is 4.74 Å². The summed E-state index contributed by atoms with van der Waals surface area (Å²) in [5, 5.41) is 7.56. The van der Waals surface area contributed by atoms with Crippen molar-refractivity contribution in [1.82, 2.24) is 0 Å². The number of fused-ring (bicyclic) bond motifs is 6. The van der Waals surface area contributed by atoms with Gasteiger partial charge in [0.15, 0.2) is 0 Å². The SMILES string of the molecule is C1=CC2Oc3ccc(-c4c5ccccc5c(-c5ccc(-c6cc(-c7ccccc7)cc7ccccc67)cc5)c5ccccc45)cc3C2C=C1. The monoisotopic (exact) mass is 624 g/mol. The zero-order valence-electron chi connectivity index (χ0n) is 26.9. The second-order valence-electron chi connectivity index (χ2n) is 13.2. The van der Waals surface area contributed by atoms with Gasteiger partial charge in [0.05, 0.1) is 0 Å². The van der Waals surface area contributed by atoms with E-state index < -0.39 is 0 Å². The van der Waals surface area contributed by atoms with Crippen LogP contribution in [-0.4, -0.2) is 6.10 Å². The Morgan fingerprint density at radius 1 is 0.388 bits per heavy atom. The molecule has 1 heterocycles. The Morgan fingerprint density at radius 3 is 1.67 bits per heavy atom. The van der Waals surface area contributed by atoms with Crippen molar-refractivity contribution in [3.8, 4) is 50.3 Å². The third-order valence-electron chi connectivity index (χ3n) is 10.4. The maximum Gasteiger partial charge on any atom is 0.128 e. The molecule has 8 aromatic carbocycles.